The largest absolute Gasteiger partial charge is 0.396 e. The summed E-state index contributed by atoms with van der Waals surface area (Å²) in [5.41, 5.74) is 0. The van der Waals surface area contributed by atoms with Crippen LogP contribution in [-0.4, -0.2) is 49.2 Å². The fourth-order valence-corrected chi connectivity index (χ4v) is 1.73. The molecule has 0 aromatic heterocycles. The molecule has 0 saturated heterocycles. The van der Waals surface area contributed by atoms with Gasteiger partial charge in [-0.1, -0.05) is 13.8 Å². The molecule has 0 spiro atoms. The molecule has 16 heavy (non-hydrogen) atoms. The Morgan fingerprint density at radius 2 is 2.00 bits per heavy atom. The quantitative estimate of drug-likeness (QED) is 0.650. The third kappa shape index (κ3) is 8.68. The molecule has 0 rings (SSSR count). The molecule has 1 atom stereocenters. The Morgan fingerprint density at radius 3 is 2.44 bits per heavy atom. The van der Waals surface area contributed by atoms with Crippen molar-refractivity contribution in [2.45, 2.75) is 39.2 Å². The second kappa shape index (κ2) is 8.53. The van der Waals surface area contributed by atoms with Gasteiger partial charge in [-0.05, 0) is 32.9 Å². The molecular formula is C12H26N2O2. The fourth-order valence-electron chi connectivity index (χ4n) is 1.73. The number of aliphatic hydroxyl groups excluding tert-OH is 1. The number of carbonyl (C=O) groups is 1. The molecule has 0 aromatic rings. The summed E-state index contributed by atoms with van der Waals surface area (Å²) < 4.78 is 0. The Labute approximate surface area is 99.0 Å². The van der Waals surface area contributed by atoms with E-state index < -0.39 is 0 Å². The average Bonchev–Trinajstić information content (AvgIpc) is 2.12. The van der Waals surface area contributed by atoms with E-state index in [4.69, 9.17) is 5.11 Å². The molecule has 4 nitrogen and oxygen atoms in total. The molecule has 0 aliphatic heterocycles. The van der Waals surface area contributed by atoms with Crippen LogP contribution in [0.2, 0.25) is 0 Å². The van der Waals surface area contributed by atoms with Crippen molar-refractivity contribution in [2.24, 2.45) is 5.92 Å². The summed E-state index contributed by atoms with van der Waals surface area (Å²) >= 11 is 0. The summed E-state index contributed by atoms with van der Waals surface area (Å²) in [7, 11) is 4.01. The highest BCUT2D eigenvalue weighted by atomic mass is 16.3. The van der Waals surface area contributed by atoms with E-state index in [-0.39, 0.29) is 18.6 Å². The zero-order chi connectivity index (χ0) is 12.6. The van der Waals surface area contributed by atoms with E-state index in [9.17, 15) is 4.79 Å². The SMILES string of the molecule is CC(C)CC(CN(C)C)NC(=O)CCCO. The summed E-state index contributed by atoms with van der Waals surface area (Å²) in [5, 5.41) is 11.7. The van der Waals surface area contributed by atoms with Crippen LogP contribution in [0.3, 0.4) is 0 Å². The number of rotatable bonds is 8. The monoisotopic (exact) mass is 230 g/mol. The van der Waals surface area contributed by atoms with E-state index >= 15 is 0 Å². The smallest absolute Gasteiger partial charge is 0.220 e. The van der Waals surface area contributed by atoms with E-state index in [0.717, 1.165) is 13.0 Å². The Kier molecular flexibility index (Phi) is 8.21. The first-order valence-corrected chi connectivity index (χ1v) is 6.00. The first-order valence-electron chi connectivity index (χ1n) is 6.00. The summed E-state index contributed by atoms with van der Waals surface area (Å²) in [6.07, 6.45) is 1.95. The molecule has 1 unspecified atom stereocenters. The normalized spacial score (nSPS) is 13.2. The van der Waals surface area contributed by atoms with E-state index in [1.807, 2.05) is 14.1 Å². The predicted molar refractivity (Wildman–Crippen MR) is 66.3 cm³/mol. The van der Waals surface area contributed by atoms with Gasteiger partial charge in [-0.2, -0.15) is 0 Å². The van der Waals surface area contributed by atoms with Gasteiger partial charge in [0.1, 0.15) is 0 Å². The van der Waals surface area contributed by atoms with Gasteiger partial charge >= 0.3 is 0 Å². The highest BCUT2D eigenvalue weighted by Gasteiger charge is 2.14. The molecule has 96 valence electrons. The van der Waals surface area contributed by atoms with Crippen LogP contribution in [0, 0.1) is 5.92 Å². The molecule has 0 heterocycles. The van der Waals surface area contributed by atoms with Gasteiger partial charge < -0.3 is 15.3 Å². The summed E-state index contributed by atoms with van der Waals surface area (Å²) in [4.78, 5) is 13.6. The minimum atomic E-state index is 0.0431. The van der Waals surface area contributed by atoms with Crippen molar-refractivity contribution in [3.8, 4) is 0 Å². The lowest BCUT2D eigenvalue weighted by molar-refractivity contribution is -0.122. The summed E-state index contributed by atoms with van der Waals surface area (Å²) in [6, 6.07) is 0.209. The molecule has 1 amide bonds. The Hall–Kier alpha value is -0.610. The third-order valence-corrected chi connectivity index (χ3v) is 2.27. The molecule has 0 saturated carbocycles. The van der Waals surface area contributed by atoms with Gasteiger partial charge in [0, 0.05) is 25.6 Å². The molecule has 0 aromatic carbocycles. The Bertz CT molecular complexity index is 183. The lowest BCUT2D eigenvalue weighted by Gasteiger charge is -2.24. The van der Waals surface area contributed by atoms with Crippen molar-refractivity contribution in [3.63, 3.8) is 0 Å². The van der Waals surface area contributed by atoms with Crippen molar-refractivity contribution >= 4 is 5.91 Å². The molecule has 0 radical (unpaired) electrons. The van der Waals surface area contributed by atoms with E-state index in [1.54, 1.807) is 0 Å². The molecule has 0 aliphatic rings. The summed E-state index contributed by atoms with van der Waals surface area (Å²) in [6.45, 7) is 5.25. The van der Waals surface area contributed by atoms with E-state index in [0.29, 0.717) is 18.8 Å². The molecule has 4 heteroatoms. The first kappa shape index (κ1) is 15.4. The van der Waals surface area contributed by atoms with Crippen molar-refractivity contribution in [2.75, 3.05) is 27.2 Å². The van der Waals surface area contributed by atoms with Gasteiger partial charge in [0.25, 0.3) is 0 Å². The maximum Gasteiger partial charge on any atom is 0.220 e. The van der Waals surface area contributed by atoms with Gasteiger partial charge in [-0.25, -0.2) is 0 Å². The van der Waals surface area contributed by atoms with Crippen molar-refractivity contribution in [1.29, 1.82) is 0 Å². The number of carbonyl (C=O) groups excluding carboxylic acids is 1. The fraction of sp³-hybridized carbons (Fsp3) is 0.917. The van der Waals surface area contributed by atoms with Crippen LogP contribution in [0.4, 0.5) is 0 Å². The van der Waals surface area contributed by atoms with E-state index in [1.165, 1.54) is 0 Å². The van der Waals surface area contributed by atoms with Crippen LogP contribution in [0.25, 0.3) is 0 Å². The molecule has 2 N–H and O–H groups in total. The standard InChI is InChI=1S/C12H26N2O2/c1-10(2)8-11(9-14(3)4)13-12(16)6-5-7-15/h10-11,15H,5-9H2,1-4H3,(H,13,16). The van der Waals surface area contributed by atoms with Gasteiger partial charge in [0.15, 0.2) is 0 Å². The number of amides is 1. The lowest BCUT2D eigenvalue weighted by Crippen LogP contribution is -2.42. The third-order valence-electron chi connectivity index (χ3n) is 2.27. The van der Waals surface area contributed by atoms with Crippen molar-refractivity contribution in [1.82, 2.24) is 10.2 Å². The van der Waals surface area contributed by atoms with E-state index in [2.05, 4.69) is 24.1 Å². The molecule has 0 bridgehead atoms. The molecule has 0 aliphatic carbocycles. The zero-order valence-corrected chi connectivity index (χ0v) is 11.0. The van der Waals surface area contributed by atoms with Crippen LogP contribution in [-0.2, 0) is 4.79 Å². The highest BCUT2D eigenvalue weighted by Crippen LogP contribution is 2.06. The lowest BCUT2D eigenvalue weighted by atomic mass is 10.0. The Morgan fingerprint density at radius 1 is 1.38 bits per heavy atom. The van der Waals surface area contributed by atoms with Crippen LogP contribution >= 0.6 is 0 Å². The average molecular weight is 230 g/mol. The Balaban J connectivity index is 4.03. The number of hydrogen-bond donors (Lipinski definition) is 2. The first-order chi connectivity index (χ1) is 7.45. The van der Waals surface area contributed by atoms with Gasteiger partial charge in [-0.15, -0.1) is 0 Å². The molecular weight excluding hydrogens is 204 g/mol. The van der Waals surface area contributed by atoms with Crippen molar-refractivity contribution in [3.05, 3.63) is 0 Å². The second-order valence-electron chi connectivity index (χ2n) is 4.98. The number of nitrogens with zero attached hydrogens (tertiary/aromatic N) is 1. The summed E-state index contributed by atoms with van der Waals surface area (Å²) in [5.74, 6) is 0.615. The van der Waals surface area contributed by atoms with Gasteiger partial charge in [-0.3, -0.25) is 4.79 Å². The zero-order valence-electron chi connectivity index (χ0n) is 11.0. The van der Waals surface area contributed by atoms with Crippen LogP contribution < -0.4 is 5.32 Å². The van der Waals surface area contributed by atoms with Crippen LogP contribution in [0.1, 0.15) is 33.1 Å². The topological polar surface area (TPSA) is 52.6 Å². The number of nitrogens with one attached hydrogen (secondary N) is 1. The number of hydrogen-bond acceptors (Lipinski definition) is 3. The van der Waals surface area contributed by atoms with Gasteiger partial charge in [0.2, 0.25) is 5.91 Å². The maximum atomic E-state index is 11.5. The van der Waals surface area contributed by atoms with Crippen molar-refractivity contribution < 1.29 is 9.90 Å². The minimum Gasteiger partial charge on any atom is -0.396 e. The maximum absolute atomic E-state index is 11.5. The predicted octanol–water partition coefficient (Wildman–Crippen LogP) is 0.851. The van der Waals surface area contributed by atoms with Crippen LogP contribution in [0.15, 0.2) is 0 Å². The number of likely N-dealkylation sites (N-methyl/N-ethyl adjacent to an activating group) is 1. The highest BCUT2D eigenvalue weighted by molar-refractivity contribution is 5.76. The van der Waals surface area contributed by atoms with Gasteiger partial charge in [0.05, 0.1) is 0 Å². The minimum absolute atomic E-state index is 0.0431. The second-order valence-corrected chi connectivity index (χ2v) is 4.98. The van der Waals surface area contributed by atoms with Crippen LogP contribution in [0.5, 0.6) is 0 Å². The number of aliphatic hydroxyl groups is 1. The molecule has 0 fully saturated rings.